The molecule has 0 fully saturated rings. The molecule has 0 unspecified atom stereocenters. The fourth-order valence-corrected chi connectivity index (χ4v) is 3.17. The van der Waals surface area contributed by atoms with Gasteiger partial charge in [0, 0.05) is 11.6 Å². The summed E-state index contributed by atoms with van der Waals surface area (Å²) >= 11 is 0. The molecule has 0 radical (unpaired) electrons. The molecule has 6 heteroatoms. The molecule has 3 aromatic rings. The molecule has 6 nitrogen and oxygen atoms in total. The summed E-state index contributed by atoms with van der Waals surface area (Å²) in [4.78, 5) is 24.3. The van der Waals surface area contributed by atoms with Crippen molar-refractivity contribution in [2.75, 3.05) is 5.32 Å². The van der Waals surface area contributed by atoms with Crippen LogP contribution >= 0.6 is 0 Å². The van der Waals surface area contributed by atoms with E-state index in [1.165, 1.54) is 17.5 Å². The first-order valence-electron chi connectivity index (χ1n) is 9.27. The van der Waals surface area contributed by atoms with E-state index in [1.54, 1.807) is 12.3 Å². The molecular weight excluding hydrogens is 338 g/mol. The first-order chi connectivity index (χ1) is 13.0. The molecule has 0 aliphatic heterocycles. The van der Waals surface area contributed by atoms with Gasteiger partial charge in [0.25, 0.3) is 5.91 Å². The molecule has 0 aliphatic rings. The predicted molar refractivity (Wildman–Crippen MR) is 108 cm³/mol. The van der Waals surface area contributed by atoms with Gasteiger partial charge in [0.05, 0.1) is 6.04 Å². The Morgan fingerprint density at radius 2 is 1.78 bits per heavy atom. The van der Waals surface area contributed by atoms with Crippen molar-refractivity contribution in [3.63, 3.8) is 0 Å². The third kappa shape index (κ3) is 4.05. The second-order valence-electron chi connectivity index (χ2n) is 6.95. The Kier molecular flexibility index (Phi) is 5.64. The number of nitrogens with zero attached hydrogens (tertiary/aromatic N) is 3. The number of amides is 1. The van der Waals surface area contributed by atoms with Gasteiger partial charge in [0.15, 0.2) is 5.69 Å². The van der Waals surface area contributed by atoms with Crippen LogP contribution in [0.25, 0.3) is 10.9 Å². The van der Waals surface area contributed by atoms with Crippen molar-refractivity contribution < 1.29 is 4.79 Å². The lowest BCUT2D eigenvalue weighted by Crippen LogP contribution is -2.15. The van der Waals surface area contributed by atoms with Gasteiger partial charge in [-0.05, 0) is 29.5 Å². The van der Waals surface area contributed by atoms with Crippen LogP contribution in [-0.4, -0.2) is 20.9 Å². The summed E-state index contributed by atoms with van der Waals surface area (Å²) in [5.41, 5.74) is 8.57. The zero-order valence-corrected chi connectivity index (χ0v) is 15.9. The lowest BCUT2D eigenvalue weighted by molar-refractivity contribution is 0.0997. The predicted octanol–water partition coefficient (Wildman–Crippen LogP) is 4.20. The highest BCUT2D eigenvalue weighted by Gasteiger charge is 2.16. The van der Waals surface area contributed by atoms with Gasteiger partial charge in [-0.1, -0.05) is 51.5 Å². The first kappa shape index (κ1) is 18.8. The number of benzene rings is 1. The summed E-state index contributed by atoms with van der Waals surface area (Å²) < 4.78 is 0. The SMILES string of the molecule is CCC[C@@H](Nc1ncnc2c(C(N)=O)nccc12)c1ccc(C(C)C)cc1. The van der Waals surface area contributed by atoms with Crippen LogP contribution in [0.15, 0.2) is 42.9 Å². The van der Waals surface area contributed by atoms with E-state index in [0.717, 1.165) is 18.2 Å². The smallest absolute Gasteiger partial charge is 0.269 e. The summed E-state index contributed by atoms with van der Waals surface area (Å²) in [6, 6.07) is 10.6. The molecule has 1 atom stereocenters. The van der Waals surface area contributed by atoms with Crippen molar-refractivity contribution in [1.82, 2.24) is 15.0 Å². The van der Waals surface area contributed by atoms with Crippen molar-refractivity contribution >= 4 is 22.6 Å². The van der Waals surface area contributed by atoms with E-state index in [4.69, 9.17) is 5.73 Å². The number of hydrogen-bond donors (Lipinski definition) is 2. The molecule has 0 aliphatic carbocycles. The van der Waals surface area contributed by atoms with Crippen molar-refractivity contribution in [2.45, 2.75) is 45.6 Å². The van der Waals surface area contributed by atoms with Crippen LogP contribution in [0.3, 0.4) is 0 Å². The highest BCUT2D eigenvalue weighted by Crippen LogP contribution is 2.28. The summed E-state index contributed by atoms with van der Waals surface area (Å²) in [6.45, 7) is 6.53. The second-order valence-corrected chi connectivity index (χ2v) is 6.95. The number of anilines is 1. The Bertz CT molecular complexity index is 937. The number of hydrogen-bond acceptors (Lipinski definition) is 5. The molecule has 1 aromatic carbocycles. The van der Waals surface area contributed by atoms with Gasteiger partial charge in [-0.15, -0.1) is 0 Å². The van der Waals surface area contributed by atoms with E-state index in [1.807, 2.05) is 0 Å². The molecule has 0 saturated heterocycles. The van der Waals surface area contributed by atoms with Crippen molar-refractivity contribution in [3.8, 4) is 0 Å². The number of rotatable bonds is 7. The first-order valence-corrected chi connectivity index (χ1v) is 9.27. The fraction of sp³-hybridized carbons (Fsp3) is 0.333. The van der Waals surface area contributed by atoms with E-state index < -0.39 is 5.91 Å². The number of fused-ring (bicyclic) bond motifs is 1. The Hall–Kier alpha value is -3.02. The van der Waals surface area contributed by atoms with Crippen LogP contribution in [0, 0.1) is 0 Å². The second kappa shape index (κ2) is 8.12. The van der Waals surface area contributed by atoms with E-state index in [0.29, 0.717) is 17.3 Å². The van der Waals surface area contributed by atoms with E-state index in [2.05, 4.69) is 65.3 Å². The lowest BCUT2D eigenvalue weighted by atomic mass is 9.97. The number of pyridine rings is 1. The minimum Gasteiger partial charge on any atom is -0.364 e. The molecule has 2 heterocycles. The molecule has 0 bridgehead atoms. The van der Waals surface area contributed by atoms with Crippen LogP contribution in [-0.2, 0) is 0 Å². The van der Waals surface area contributed by atoms with Gasteiger partial charge >= 0.3 is 0 Å². The third-order valence-corrected chi connectivity index (χ3v) is 4.68. The third-order valence-electron chi connectivity index (χ3n) is 4.68. The number of nitrogens with two attached hydrogens (primary N) is 1. The van der Waals surface area contributed by atoms with E-state index >= 15 is 0 Å². The number of nitrogens with one attached hydrogen (secondary N) is 1. The summed E-state index contributed by atoms with van der Waals surface area (Å²) in [5.74, 6) is 0.582. The monoisotopic (exact) mass is 363 g/mol. The molecule has 27 heavy (non-hydrogen) atoms. The molecular formula is C21H25N5O. The van der Waals surface area contributed by atoms with Crippen LogP contribution < -0.4 is 11.1 Å². The number of carbonyl (C=O) groups excluding carboxylic acids is 1. The molecule has 140 valence electrons. The Balaban J connectivity index is 1.97. The van der Waals surface area contributed by atoms with E-state index in [-0.39, 0.29) is 11.7 Å². The standard InChI is InChI=1S/C21H25N5O/c1-4-5-17(15-8-6-14(7-9-15)13(2)3)26-21-16-10-11-23-19(20(22)27)18(16)24-12-25-21/h6-13,17H,4-5H2,1-3H3,(H2,22,27)(H,24,25,26)/t17-/m1/s1. The summed E-state index contributed by atoms with van der Waals surface area (Å²) in [5, 5.41) is 4.26. The Morgan fingerprint density at radius 3 is 2.41 bits per heavy atom. The summed E-state index contributed by atoms with van der Waals surface area (Å²) in [6.07, 6.45) is 4.98. The molecule has 1 amide bonds. The molecule has 2 aromatic heterocycles. The zero-order valence-electron chi connectivity index (χ0n) is 15.9. The minimum atomic E-state index is -0.598. The van der Waals surface area contributed by atoms with Crippen molar-refractivity contribution in [3.05, 3.63) is 59.7 Å². The fourth-order valence-electron chi connectivity index (χ4n) is 3.17. The number of aromatic nitrogens is 3. The van der Waals surface area contributed by atoms with Gasteiger partial charge in [-0.25, -0.2) is 15.0 Å². The van der Waals surface area contributed by atoms with Crippen molar-refractivity contribution in [1.29, 1.82) is 0 Å². The zero-order chi connectivity index (χ0) is 19.4. The average molecular weight is 363 g/mol. The van der Waals surface area contributed by atoms with Crippen LogP contribution in [0.4, 0.5) is 5.82 Å². The highest BCUT2D eigenvalue weighted by molar-refractivity contribution is 6.05. The van der Waals surface area contributed by atoms with Crippen LogP contribution in [0.5, 0.6) is 0 Å². The maximum Gasteiger partial charge on any atom is 0.269 e. The lowest BCUT2D eigenvalue weighted by Gasteiger charge is -2.21. The van der Waals surface area contributed by atoms with Crippen molar-refractivity contribution in [2.24, 2.45) is 5.73 Å². The minimum absolute atomic E-state index is 0.111. The van der Waals surface area contributed by atoms with Crippen LogP contribution in [0.2, 0.25) is 0 Å². The average Bonchev–Trinajstić information content (AvgIpc) is 2.67. The molecule has 3 rings (SSSR count). The number of carbonyl (C=O) groups is 1. The van der Waals surface area contributed by atoms with Gasteiger partial charge < -0.3 is 11.1 Å². The largest absolute Gasteiger partial charge is 0.364 e. The molecule has 0 spiro atoms. The van der Waals surface area contributed by atoms with Gasteiger partial charge in [0.2, 0.25) is 0 Å². The Labute approximate surface area is 159 Å². The van der Waals surface area contributed by atoms with Gasteiger partial charge in [-0.3, -0.25) is 4.79 Å². The Morgan fingerprint density at radius 1 is 1.07 bits per heavy atom. The molecule has 3 N–H and O–H groups in total. The maximum atomic E-state index is 11.6. The number of primary amides is 1. The van der Waals surface area contributed by atoms with Crippen LogP contribution in [0.1, 0.15) is 67.2 Å². The highest BCUT2D eigenvalue weighted by atomic mass is 16.1. The summed E-state index contributed by atoms with van der Waals surface area (Å²) in [7, 11) is 0. The topological polar surface area (TPSA) is 93.8 Å². The quantitative estimate of drug-likeness (QED) is 0.656. The van der Waals surface area contributed by atoms with E-state index in [9.17, 15) is 4.79 Å². The normalized spacial score (nSPS) is 12.3. The van der Waals surface area contributed by atoms with Gasteiger partial charge in [-0.2, -0.15) is 0 Å². The maximum absolute atomic E-state index is 11.6. The molecule has 0 saturated carbocycles. The van der Waals surface area contributed by atoms with Gasteiger partial charge in [0.1, 0.15) is 17.7 Å².